The zero-order valence-corrected chi connectivity index (χ0v) is 13.1. The Labute approximate surface area is 130 Å². The molecule has 0 bridgehead atoms. The number of para-hydroxylation sites is 2. The maximum Gasteiger partial charge on any atom is 0.271 e. The van der Waals surface area contributed by atoms with Crippen molar-refractivity contribution < 1.29 is 4.79 Å². The highest BCUT2D eigenvalue weighted by molar-refractivity contribution is 5.93. The summed E-state index contributed by atoms with van der Waals surface area (Å²) < 4.78 is 0. The molecule has 0 aliphatic carbocycles. The molecular weight excluding hydrogens is 276 g/mol. The molecule has 0 radical (unpaired) electrons. The van der Waals surface area contributed by atoms with Crippen LogP contribution >= 0.6 is 0 Å². The van der Waals surface area contributed by atoms with Gasteiger partial charge in [-0.15, -0.1) is 0 Å². The van der Waals surface area contributed by atoms with E-state index in [2.05, 4.69) is 34.4 Å². The number of nitrogens with one attached hydrogen (secondary N) is 2. The van der Waals surface area contributed by atoms with Crippen LogP contribution in [0, 0.1) is 5.41 Å². The molecule has 1 atom stereocenters. The quantitative estimate of drug-likeness (QED) is 0.911. The number of carbonyl (C=O) groups is 1. The molecule has 1 aromatic heterocycles. The van der Waals surface area contributed by atoms with Crippen molar-refractivity contribution in [3.63, 3.8) is 0 Å². The van der Waals surface area contributed by atoms with Crippen molar-refractivity contribution >= 4 is 16.9 Å². The highest BCUT2D eigenvalue weighted by Crippen LogP contribution is 2.29. The number of piperidine rings is 1. The van der Waals surface area contributed by atoms with Crippen molar-refractivity contribution in [2.45, 2.75) is 32.7 Å². The number of aromatic nitrogens is 2. The molecule has 22 heavy (non-hydrogen) atoms. The summed E-state index contributed by atoms with van der Waals surface area (Å²) in [6.07, 6.45) is 3.90. The number of hydrogen-bond acceptors (Lipinski definition) is 4. The summed E-state index contributed by atoms with van der Waals surface area (Å²) in [5, 5.41) is 6.48. The molecule has 3 rings (SSSR count). The molecule has 5 nitrogen and oxygen atoms in total. The van der Waals surface area contributed by atoms with Gasteiger partial charge in [0.1, 0.15) is 5.69 Å². The Hall–Kier alpha value is -2.01. The lowest BCUT2D eigenvalue weighted by Crippen LogP contribution is -2.52. The molecule has 0 spiro atoms. The van der Waals surface area contributed by atoms with Crippen LogP contribution in [0.5, 0.6) is 0 Å². The van der Waals surface area contributed by atoms with Crippen molar-refractivity contribution in [2.75, 3.05) is 13.1 Å². The minimum atomic E-state index is -0.165. The van der Waals surface area contributed by atoms with Gasteiger partial charge in [0.2, 0.25) is 0 Å². The molecule has 1 saturated heterocycles. The van der Waals surface area contributed by atoms with Crippen LogP contribution in [0.1, 0.15) is 37.2 Å². The monoisotopic (exact) mass is 298 g/mol. The summed E-state index contributed by atoms with van der Waals surface area (Å²) in [5.74, 6) is -0.165. The Morgan fingerprint density at radius 2 is 2.14 bits per heavy atom. The minimum absolute atomic E-state index is 0.165. The van der Waals surface area contributed by atoms with Crippen molar-refractivity contribution in [3.8, 4) is 0 Å². The Bertz CT molecular complexity index is 683. The minimum Gasteiger partial charge on any atom is -0.349 e. The van der Waals surface area contributed by atoms with E-state index in [1.165, 1.54) is 19.0 Å². The first-order valence-corrected chi connectivity index (χ1v) is 7.80. The van der Waals surface area contributed by atoms with E-state index in [1.807, 2.05) is 24.3 Å². The van der Waals surface area contributed by atoms with Gasteiger partial charge in [-0.3, -0.25) is 9.78 Å². The molecule has 1 aromatic carbocycles. The van der Waals surface area contributed by atoms with Gasteiger partial charge in [0.05, 0.1) is 17.2 Å². The third-order valence-electron chi connectivity index (χ3n) is 4.48. The Morgan fingerprint density at radius 3 is 2.91 bits per heavy atom. The van der Waals surface area contributed by atoms with E-state index in [9.17, 15) is 4.79 Å². The number of benzene rings is 1. The predicted molar refractivity (Wildman–Crippen MR) is 86.7 cm³/mol. The lowest BCUT2D eigenvalue weighted by atomic mass is 9.77. The second-order valence-electron chi connectivity index (χ2n) is 6.55. The van der Waals surface area contributed by atoms with Crippen LogP contribution < -0.4 is 10.6 Å². The van der Waals surface area contributed by atoms with Crippen molar-refractivity contribution in [3.05, 3.63) is 36.2 Å². The van der Waals surface area contributed by atoms with Crippen LogP contribution in [0.25, 0.3) is 11.0 Å². The fourth-order valence-corrected chi connectivity index (χ4v) is 2.97. The largest absolute Gasteiger partial charge is 0.349 e. The summed E-state index contributed by atoms with van der Waals surface area (Å²) in [6.45, 7) is 6.11. The summed E-state index contributed by atoms with van der Waals surface area (Å²) in [5.41, 5.74) is 2.10. The highest BCUT2D eigenvalue weighted by atomic mass is 16.1. The molecular formula is C17H22N4O. The van der Waals surface area contributed by atoms with Crippen LogP contribution in [0.3, 0.4) is 0 Å². The molecule has 2 N–H and O–H groups in total. The lowest BCUT2D eigenvalue weighted by molar-refractivity contribution is 0.0924. The van der Waals surface area contributed by atoms with Gasteiger partial charge < -0.3 is 10.6 Å². The molecule has 2 aromatic rings. The van der Waals surface area contributed by atoms with Gasteiger partial charge >= 0.3 is 0 Å². The van der Waals surface area contributed by atoms with Crippen LogP contribution in [-0.4, -0.2) is 35.0 Å². The molecule has 1 fully saturated rings. The molecule has 1 unspecified atom stereocenters. The number of rotatable bonds is 3. The van der Waals surface area contributed by atoms with Crippen molar-refractivity contribution in [2.24, 2.45) is 5.41 Å². The maximum absolute atomic E-state index is 12.3. The standard InChI is InChI=1S/C17H22N4O/c1-17(2)8-5-9-18-15(17)11-20-16(22)14-10-19-12-6-3-4-7-13(12)21-14/h3-4,6-7,10,15,18H,5,8-9,11H2,1-2H3,(H,20,22). The van der Waals surface area contributed by atoms with Gasteiger partial charge in [0.25, 0.3) is 5.91 Å². The summed E-state index contributed by atoms with van der Waals surface area (Å²) >= 11 is 0. The fourth-order valence-electron chi connectivity index (χ4n) is 2.97. The summed E-state index contributed by atoms with van der Waals surface area (Å²) in [4.78, 5) is 21.0. The first-order valence-electron chi connectivity index (χ1n) is 7.80. The Morgan fingerprint density at radius 1 is 1.36 bits per heavy atom. The number of nitrogens with zero attached hydrogens (tertiary/aromatic N) is 2. The molecule has 1 aliphatic rings. The molecule has 5 heteroatoms. The number of hydrogen-bond donors (Lipinski definition) is 2. The predicted octanol–water partition coefficient (Wildman–Crippen LogP) is 2.14. The van der Waals surface area contributed by atoms with Crippen molar-refractivity contribution in [1.29, 1.82) is 0 Å². The van der Waals surface area contributed by atoms with E-state index in [0.29, 0.717) is 18.3 Å². The second kappa shape index (κ2) is 6.01. The SMILES string of the molecule is CC1(C)CCCNC1CNC(=O)c1cnc2ccccc2n1. The average Bonchev–Trinajstić information content (AvgIpc) is 2.52. The fraction of sp³-hybridized carbons (Fsp3) is 0.471. The number of carbonyl (C=O) groups excluding carboxylic acids is 1. The highest BCUT2D eigenvalue weighted by Gasteiger charge is 2.32. The van der Waals surface area contributed by atoms with Crippen LogP contribution in [-0.2, 0) is 0 Å². The smallest absolute Gasteiger partial charge is 0.271 e. The first kappa shape index (κ1) is 14.9. The maximum atomic E-state index is 12.3. The van der Waals surface area contributed by atoms with E-state index in [4.69, 9.17) is 0 Å². The van der Waals surface area contributed by atoms with Gasteiger partial charge in [0.15, 0.2) is 0 Å². The third kappa shape index (κ3) is 3.09. The number of amides is 1. The Balaban J connectivity index is 1.68. The van der Waals surface area contributed by atoms with Gasteiger partial charge in [-0.1, -0.05) is 26.0 Å². The summed E-state index contributed by atoms with van der Waals surface area (Å²) in [7, 11) is 0. The van der Waals surface area contributed by atoms with E-state index >= 15 is 0 Å². The molecule has 0 saturated carbocycles. The molecule has 1 amide bonds. The van der Waals surface area contributed by atoms with E-state index in [0.717, 1.165) is 17.6 Å². The van der Waals surface area contributed by atoms with Gasteiger partial charge in [-0.25, -0.2) is 4.98 Å². The van der Waals surface area contributed by atoms with E-state index < -0.39 is 0 Å². The average molecular weight is 298 g/mol. The van der Waals surface area contributed by atoms with Crippen LogP contribution in [0.15, 0.2) is 30.5 Å². The third-order valence-corrected chi connectivity index (χ3v) is 4.48. The zero-order valence-electron chi connectivity index (χ0n) is 13.1. The van der Waals surface area contributed by atoms with E-state index in [-0.39, 0.29) is 11.3 Å². The molecule has 116 valence electrons. The number of fused-ring (bicyclic) bond motifs is 1. The van der Waals surface area contributed by atoms with Gasteiger partial charge in [0, 0.05) is 12.6 Å². The second-order valence-corrected chi connectivity index (χ2v) is 6.55. The van der Waals surface area contributed by atoms with Crippen LogP contribution in [0.4, 0.5) is 0 Å². The lowest BCUT2D eigenvalue weighted by Gasteiger charge is -2.39. The van der Waals surface area contributed by atoms with Gasteiger partial charge in [-0.2, -0.15) is 0 Å². The Kier molecular flexibility index (Phi) is 4.07. The summed E-state index contributed by atoms with van der Waals surface area (Å²) in [6, 6.07) is 7.85. The normalized spacial score (nSPS) is 20.7. The van der Waals surface area contributed by atoms with Gasteiger partial charge in [-0.05, 0) is 36.9 Å². The van der Waals surface area contributed by atoms with Crippen LogP contribution in [0.2, 0.25) is 0 Å². The molecule has 2 heterocycles. The topological polar surface area (TPSA) is 66.9 Å². The van der Waals surface area contributed by atoms with Crippen molar-refractivity contribution in [1.82, 2.24) is 20.6 Å². The first-order chi connectivity index (χ1) is 10.6. The zero-order chi connectivity index (χ0) is 15.6. The molecule has 1 aliphatic heterocycles. The van der Waals surface area contributed by atoms with E-state index in [1.54, 1.807) is 0 Å².